The van der Waals surface area contributed by atoms with Crippen LogP contribution in [0.5, 0.6) is 5.75 Å². The van der Waals surface area contributed by atoms with Gasteiger partial charge in [-0.2, -0.15) is 5.10 Å². The van der Waals surface area contributed by atoms with E-state index in [-0.39, 0.29) is 0 Å². The fraction of sp³-hybridized carbons (Fsp3) is 0.300. The molecule has 5 heteroatoms. The van der Waals surface area contributed by atoms with Crippen LogP contribution in [-0.4, -0.2) is 9.78 Å². The van der Waals surface area contributed by atoms with Gasteiger partial charge in [0.2, 0.25) is 0 Å². The van der Waals surface area contributed by atoms with Gasteiger partial charge >= 0.3 is 0 Å². The van der Waals surface area contributed by atoms with Gasteiger partial charge in [-0.1, -0.05) is 0 Å². The molecule has 2 heterocycles. The molecule has 2 rings (SSSR count). The number of hydrogen-bond acceptors (Lipinski definition) is 3. The normalized spacial score (nSPS) is 10.5. The van der Waals surface area contributed by atoms with Crippen LogP contribution in [0, 0.1) is 0 Å². The highest BCUT2D eigenvalue weighted by molar-refractivity contribution is 9.10. The summed E-state index contributed by atoms with van der Waals surface area (Å²) in [6, 6.07) is 2.03. The maximum absolute atomic E-state index is 5.61. The largest absolute Gasteiger partial charge is 0.485 e. The van der Waals surface area contributed by atoms with Crippen LogP contribution in [0.25, 0.3) is 0 Å². The Morgan fingerprint density at radius 2 is 2.47 bits per heavy atom. The lowest BCUT2D eigenvalue weighted by Crippen LogP contribution is -1.94. The van der Waals surface area contributed by atoms with Crippen LogP contribution in [-0.2, 0) is 13.2 Å². The van der Waals surface area contributed by atoms with E-state index < -0.39 is 0 Å². The molecule has 0 aliphatic rings. The van der Waals surface area contributed by atoms with Crippen molar-refractivity contribution in [3.63, 3.8) is 0 Å². The lowest BCUT2D eigenvalue weighted by atomic mass is 10.5. The predicted octanol–water partition coefficient (Wildman–Crippen LogP) is 3.31. The molecule has 0 saturated heterocycles. The first kappa shape index (κ1) is 10.7. The third-order valence-electron chi connectivity index (χ3n) is 1.99. The Kier molecular flexibility index (Phi) is 3.43. The van der Waals surface area contributed by atoms with Gasteiger partial charge in [-0.15, -0.1) is 11.3 Å². The molecule has 2 aromatic heterocycles. The molecule has 15 heavy (non-hydrogen) atoms. The average Bonchev–Trinajstić information content (AvgIpc) is 2.84. The molecule has 0 radical (unpaired) electrons. The van der Waals surface area contributed by atoms with E-state index >= 15 is 0 Å². The summed E-state index contributed by atoms with van der Waals surface area (Å²) in [4.78, 5) is 1.19. The van der Waals surface area contributed by atoms with Crippen molar-refractivity contribution in [1.29, 1.82) is 0 Å². The smallest absolute Gasteiger partial charge is 0.157 e. The van der Waals surface area contributed by atoms with Crippen LogP contribution in [0.3, 0.4) is 0 Å². The van der Waals surface area contributed by atoms with E-state index in [2.05, 4.69) is 21.0 Å². The van der Waals surface area contributed by atoms with Crippen molar-refractivity contribution in [1.82, 2.24) is 9.78 Å². The maximum Gasteiger partial charge on any atom is 0.157 e. The molecule has 0 spiro atoms. The predicted molar refractivity (Wildman–Crippen MR) is 64.3 cm³/mol. The van der Waals surface area contributed by atoms with Crippen molar-refractivity contribution >= 4 is 27.3 Å². The van der Waals surface area contributed by atoms with Gasteiger partial charge in [-0.25, -0.2) is 0 Å². The van der Waals surface area contributed by atoms with Crippen molar-refractivity contribution < 1.29 is 4.74 Å². The summed E-state index contributed by atoms with van der Waals surface area (Å²) < 4.78 is 8.56. The second-order valence-corrected chi connectivity index (χ2v) is 4.87. The first-order chi connectivity index (χ1) is 7.29. The summed E-state index contributed by atoms with van der Waals surface area (Å²) in [5.74, 6) is 0.817. The Hall–Kier alpha value is -0.810. The molecular weight excluding hydrogens is 276 g/mol. The number of rotatable bonds is 4. The summed E-state index contributed by atoms with van der Waals surface area (Å²) in [5, 5.41) is 6.18. The van der Waals surface area contributed by atoms with Crippen LogP contribution in [0.4, 0.5) is 0 Å². The fourth-order valence-electron chi connectivity index (χ4n) is 1.17. The Balaban J connectivity index is 1.96. The van der Waals surface area contributed by atoms with E-state index in [1.165, 1.54) is 4.88 Å². The zero-order valence-corrected chi connectivity index (χ0v) is 10.7. The SMILES string of the molecule is CCn1cc(OCc2sccc2Br)cn1. The molecule has 0 N–H and O–H groups in total. The minimum atomic E-state index is 0.591. The standard InChI is InChI=1S/C10H11BrN2OS/c1-2-13-6-8(5-12-13)14-7-10-9(11)3-4-15-10/h3-6H,2,7H2,1H3. The monoisotopic (exact) mass is 286 g/mol. The van der Waals surface area contributed by atoms with Gasteiger partial charge < -0.3 is 4.74 Å². The number of thiophene rings is 1. The van der Waals surface area contributed by atoms with Crippen LogP contribution in [0.1, 0.15) is 11.8 Å². The molecule has 2 aromatic rings. The van der Waals surface area contributed by atoms with Crippen molar-refractivity contribution in [3.05, 3.63) is 33.2 Å². The molecule has 0 unspecified atom stereocenters. The number of ether oxygens (including phenoxy) is 1. The Morgan fingerprint density at radius 1 is 1.60 bits per heavy atom. The quantitative estimate of drug-likeness (QED) is 0.862. The second-order valence-electron chi connectivity index (χ2n) is 3.01. The van der Waals surface area contributed by atoms with E-state index in [0.29, 0.717) is 6.61 Å². The number of aromatic nitrogens is 2. The van der Waals surface area contributed by atoms with Crippen molar-refractivity contribution in [2.45, 2.75) is 20.1 Å². The van der Waals surface area contributed by atoms with Gasteiger partial charge in [0.15, 0.2) is 5.75 Å². The molecule has 0 saturated carbocycles. The Labute approximate surface area is 101 Å². The van der Waals surface area contributed by atoms with Gasteiger partial charge in [0.1, 0.15) is 6.61 Å². The van der Waals surface area contributed by atoms with E-state index in [0.717, 1.165) is 16.8 Å². The third-order valence-corrected chi connectivity index (χ3v) is 3.89. The van der Waals surface area contributed by atoms with E-state index in [9.17, 15) is 0 Å². The summed E-state index contributed by atoms with van der Waals surface area (Å²) in [7, 11) is 0. The molecule has 0 aliphatic heterocycles. The highest BCUT2D eigenvalue weighted by Gasteiger charge is 2.03. The summed E-state index contributed by atoms with van der Waals surface area (Å²) >= 11 is 5.15. The zero-order chi connectivity index (χ0) is 10.7. The summed E-state index contributed by atoms with van der Waals surface area (Å²) in [5.41, 5.74) is 0. The van der Waals surface area contributed by atoms with Gasteiger partial charge in [-0.05, 0) is 34.3 Å². The molecule has 80 valence electrons. The molecule has 3 nitrogen and oxygen atoms in total. The van der Waals surface area contributed by atoms with Crippen molar-refractivity contribution in [2.75, 3.05) is 0 Å². The van der Waals surface area contributed by atoms with Crippen LogP contribution < -0.4 is 4.74 Å². The van der Waals surface area contributed by atoms with Crippen molar-refractivity contribution in [2.24, 2.45) is 0 Å². The third kappa shape index (κ3) is 2.60. The molecule has 0 bridgehead atoms. The highest BCUT2D eigenvalue weighted by atomic mass is 79.9. The minimum Gasteiger partial charge on any atom is -0.485 e. The first-order valence-electron chi connectivity index (χ1n) is 4.66. The molecule has 0 amide bonds. The van der Waals surface area contributed by atoms with E-state index in [4.69, 9.17) is 4.74 Å². The van der Waals surface area contributed by atoms with Crippen molar-refractivity contribution in [3.8, 4) is 5.75 Å². The topological polar surface area (TPSA) is 27.1 Å². The summed E-state index contributed by atoms with van der Waals surface area (Å²) in [6.07, 6.45) is 3.65. The number of nitrogens with zero attached hydrogens (tertiary/aromatic N) is 2. The first-order valence-corrected chi connectivity index (χ1v) is 6.34. The molecular formula is C10H11BrN2OS. The summed E-state index contributed by atoms with van der Waals surface area (Å²) in [6.45, 7) is 3.51. The van der Waals surface area contributed by atoms with Gasteiger partial charge in [0.25, 0.3) is 0 Å². The Bertz CT molecular complexity index is 438. The van der Waals surface area contributed by atoms with Gasteiger partial charge in [0, 0.05) is 11.0 Å². The van der Waals surface area contributed by atoms with E-state index in [1.54, 1.807) is 17.5 Å². The molecule has 0 aromatic carbocycles. The zero-order valence-electron chi connectivity index (χ0n) is 8.31. The lowest BCUT2D eigenvalue weighted by Gasteiger charge is -2.01. The molecule has 0 fully saturated rings. The van der Waals surface area contributed by atoms with Crippen LogP contribution in [0.15, 0.2) is 28.3 Å². The number of halogens is 1. The number of hydrogen-bond donors (Lipinski definition) is 0. The molecule has 0 aliphatic carbocycles. The van der Waals surface area contributed by atoms with Crippen LogP contribution >= 0.6 is 27.3 Å². The van der Waals surface area contributed by atoms with Gasteiger partial charge in [-0.3, -0.25) is 4.68 Å². The average molecular weight is 287 g/mol. The molecule has 0 atom stereocenters. The maximum atomic E-state index is 5.61. The van der Waals surface area contributed by atoms with Crippen LogP contribution in [0.2, 0.25) is 0 Å². The Morgan fingerprint density at radius 3 is 3.07 bits per heavy atom. The van der Waals surface area contributed by atoms with E-state index in [1.807, 2.05) is 29.2 Å². The van der Waals surface area contributed by atoms with Gasteiger partial charge in [0.05, 0.1) is 17.3 Å². The highest BCUT2D eigenvalue weighted by Crippen LogP contribution is 2.24. The minimum absolute atomic E-state index is 0.591. The second kappa shape index (κ2) is 4.81. The lowest BCUT2D eigenvalue weighted by molar-refractivity contribution is 0.308. The number of aryl methyl sites for hydroxylation is 1. The fourth-order valence-corrected chi connectivity index (χ4v) is 2.55.